The van der Waals surface area contributed by atoms with Crippen molar-refractivity contribution in [2.75, 3.05) is 45.8 Å². The van der Waals surface area contributed by atoms with Gasteiger partial charge in [0.05, 0.1) is 37.4 Å². The molecule has 0 atom stereocenters. The Bertz CT molecular complexity index is 755. The van der Waals surface area contributed by atoms with Crippen LogP contribution in [-0.2, 0) is 25.9 Å². The summed E-state index contributed by atoms with van der Waals surface area (Å²) in [6, 6.07) is 3.06. The van der Waals surface area contributed by atoms with Crippen LogP contribution in [-0.4, -0.2) is 61.5 Å². The fourth-order valence-corrected chi connectivity index (χ4v) is 2.41. The Kier molecular flexibility index (Phi) is 13.0. The van der Waals surface area contributed by atoms with Crippen LogP contribution >= 0.6 is 0 Å². The molecule has 0 aliphatic rings. The third-order valence-corrected chi connectivity index (χ3v) is 4.10. The van der Waals surface area contributed by atoms with Crippen molar-refractivity contribution in [2.24, 2.45) is 5.11 Å². The van der Waals surface area contributed by atoms with Crippen molar-refractivity contribution in [1.29, 1.82) is 0 Å². The average Bonchev–Trinajstić information content (AvgIpc) is 2.61. The summed E-state index contributed by atoms with van der Waals surface area (Å²) in [7, 11) is -9.27. The van der Waals surface area contributed by atoms with E-state index in [4.69, 9.17) is 19.7 Å². The SMILES string of the molecule is CC[n+]1ccc(S(C)(=O)=O)cc1OCCOCCOCCN=[N+]=[N-].F[B-](F)(F)F. The first-order chi connectivity index (χ1) is 13.5. The van der Waals surface area contributed by atoms with Crippen molar-refractivity contribution in [1.82, 2.24) is 0 Å². The zero-order valence-electron chi connectivity index (χ0n) is 16.0. The number of ether oxygens (including phenoxy) is 3. The molecular weight excluding hydrogens is 423 g/mol. The fraction of sp³-hybridized carbons (Fsp3) is 0.643. The van der Waals surface area contributed by atoms with Gasteiger partial charge in [0.2, 0.25) is 0 Å². The summed E-state index contributed by atoms with van der Waals surface area (Å²) >= 11 is 0. The van der Waals surface area contributed by atoms with Gasteiger partial charge in [-0.2, -0.15) is 4.57 Å². The molecule has 166 valence electrons. The number of nitrogens with zero attached hydrogens (tertiary/aromatic N) is 4. The fourth-order valence-electron chi connectivity index (χ4n) is 1.78. The molecule has 0 saturated heterocycles. The van der Waals surface area contributed by atoms with E-state index in [0.717, 1.165) is 6.26 Å². The molecule has 15 heteroatoms. The molecule has 0 radical (unpaired) electrons. The van der Waals surface area contributed by atoms with Gasteiger partial charge < -0.3 is 31.5 Å². The first kappa shape index (κ1) is 26.9. The number of hydrogen-bond acceptors (Lipinski definition) is 6. The van der Waals surface area contributed by atoms with Gasteiger partial charge >= 0.3 is 13.1 Å². The molecule has 1 aromatic rings. The van der Waals surface area contributed by atoms with Crippen LogP contribution in [0.3, 0.4) is 0 Å². The molecule has 0 bridgehead atoms. The third kappa shape index (κ3) is 15.5. The van der Waals surface area contributed by atoms with Crippen molar-refractivity contribution in [3.63, 3.8) is 0 Å². The molecular formula is C14H23BF4N4O5S. The van der Waals surface area contributed by atoms with Gasteiger partial charge in [0.15, 0.2) is 16.0 Å². The Balaban J connectivity index is 0.00000139. The van der Waals surface area contributed by atoms with E-state index in [2.05, 4.69) is 10.0 Å². The van der Waals surface area contributed by atoms with Crippen molar-refractivity contribution < 1.29 is 44.5 Å². The van der Waals surface area contributed by atoms with Crippen LogP contribution in [0.25, 0.3) is 10.4 Å². The number of azide groups is 1. The summed E-state index contributed by atoms with van der Waals surface area (Å²) in [6.07, 6.45) is 2.84. The maximum absolute atomic E-state index is 11.6. The number of rotatable bonds is 12. The lowest BCUT2D eigenvalue weighted by Gasteiger charge is -2.07. The van der Waals surface area contributed by atoms with Gasteiger partial charge in [-0.3, -0.25) is 0 Å². The quantitative estimate of drug-likeness (QED) is 0.0931. The Hall–Kier alpha value is -2.09. The first-order valence-electron chi connectivity index (χ1n) is 8.39. The molecule has 0 N–H and O–H groups in total. The van der Waals surface area contributed by atoms with Crippen LogP contribution in [0.5, 0.6) is 5.88 Å². The molecule has 29 heavy (non-hydrogen) atoms. The van der Waals surface area contributed by atoms with Crippen molar-refractivity contribution in [3.05, 3.63) is 28.8 Å². The highest BCUT2D eigenvalue weighted by Crippen LogP contribution is 2.13. The molecule has 0 spiro atoms. The Morgan fingerprint density at radius 3 is 2.21 bits per heavy atom. The smallest absolute Gasteiger partial charge is 0.442 e. The monoisotopic (exact) mass is 446 g/mol. The molecule has 1 aromatic heterocycles. The second kappa shape index (κ2) is 14.0. The molecule has 0 amide bonds. The Labute approximate surface area is 166 Å². The van der Waals surface area contributed by atoms with Gasteiger partial charge in [0.25, 0.3) is 0 Å². The lowest BCUT2D eigenvalue weighted by Crippen LogP contribution is -2.35. The zero-order chi connectivity index (χ0) is 22.3. The number of sulfone groups is 1. The van der Waals surface area contributed by atoms with Gasteiger partial charge in [0, 0.05) is 23.8 Å². The number of hydrogen-bond donors (Lipinski definition) is 0. The molecule has 0 unspecified atom stereocenters. The normalized spacial score (nSPS) is 11.2. The van der Waals surface area contributed by atoms with E-state index in [1.807, 2.05) is 11.5 Å². The zero-order valence-corrected chi connectivity index (χ0v) is 16.8. The van der Waals surface area contributed by atoms with Crippen molar-refractivity contribution in [2.45, 2.75) is 18.4 Å². The molecule has 1 heterocycles. The highest BCUT2D eigenvalue weighted by molar-refractivity contribution is 7.90. The van der Waals surface area contributed by atoms with E-state index < -0.39 is 17.1 Å². The molecule has 0 saturated carbocycles. The molecule has 0 fully saturated rings. The van der Waals surface area contributed by atoms with E-state index in [1.165, 1.54) is 6.07 Å². The maximum Gasteiger partial charge on any atom is 0.673 e. The second-order valence-corrected chi connectivity index (χ2v) is 7.30. The summed E-state index contributed by atoms with van der Waals surface area (Å²) in [6.45, 7) is 4.72. The van der Waals surface area contributed by atoms with E-state index in [1.54, 1.807) is 12.3 Å². The number of aromatic nitrogens is 1. The topological polar surface area (TPSA) is 114 Å². The maximum atomic E-state index is 11.6. The summed E-state index contributed by atoms with van der Waals surface area (Å²) in [5.41, 5.74) is 8.09. The standard InChI is InChI=1S/C14H23N4O5S.BF4/c1-3-18-6-4-13(24(2,19)20)12-14(18)23-11-10-22-9-8-21-7-5-16-17-15;2-1(3,4)5/h4,6,12H,3,5,7-11H2,1-2H3;/q+1;-1. The highest BCUT2D eigenvalue weighted by Gasteiger charge is 2.20. The molecule has 0 aliphatic carbocycles. The van der Waals surface area contributed by atoms with Gasteiger partial charge in [-0.15, -0.1) is 0 Å². The van der Waals surface area contributed by atoms with Crippen LogP contribution in [0.2, 0.25) is 0 Å². The minimum atomic E-state index is -6.00. The van der Waals surface area contributed by atoms with E-state index >= 15 is 0 Å². The lowest BCUT2D eigenvalue weighted by atomic mass is 10.3. The summed E-state index contributed by atoms with van der Waals surface area (Å²) < 4.78 is 80.1. The van der Waals surface area contributed by atoms with Crippen LogP contribution in [0.1, 0.15) is 6.92 Å². The van der Waals surface area contributed by atoms with Gasteiger partial charge in [-0.25, -0.2) is 8.42 Å². The second-order valence-electron chi connectivity index (χ2n) is 5.28. The molecule has 9 nitrogen and oxygen atoms in total. The average molecular weight is 446 g/mol. The third-order valence-electron chi connectivity index (χ3n) is 2.98. The van der Waals surface area contributed by atoms with Gasteiger partial charge in [-0.05, 0) is 12.5 Å². The van der Waals surface area contributed by atoms with E-state index in [0.29, 0.717) is 52.0 Å². The van der Waals surface area contributed by atoms with E-state index in [-0.39, 0.29) is 4.90 Å². The predicted octanol–water partition coefficient (Wildman–Crippen LogP) is 2.42. The van der Waals surface area contributed by atoms with Crippen LogP contribution < -0.4 is 9.30 Å². The largest absolute Gasteiger partial charge is 0.673 e. The summed E-state index contributed by atoms with van der Waals surface area (Å²) in [4.78, 5) is 2.83. The highest BCUT2D eigenvalue weighted by atomic mass is 32.2. The summed E-state index contributed by atoms with van der Waals surface area (Å²) in [5.74, 6) is 0.481. The van der Waals surface area contributed by atoms with Crippen molar-refractivity contribution in [3.8, 4) is 5.88 Å². The minimum absolute atomic E-state index is 0.219. The van der Waals surface area contributed by atoms with Crippen LogP contribution in [0.15, 0.2) is 28.3 Å². The minimum Gasteiger partial charge on any atom is -0.442 e. The Morgan fingerprint density at radius 1 is 1.14 bits per heavy atom. The molecule has 1 rings (SSSR count). The Morgan fingerprint density at radius 2 is 1.69 bits per heavy atom. The number of aryl methyl sites for hydroxylation is 1. The molecule has 0 aliphatic heterocycles. The number of halogens is 4. The van der Waals surface area contributed by atoms with E-state index in [9.17, 15) is 25.7 Å². The van der Waals surface area contributed by atoms with Crippen LogP contribution in [0, 0.1) is 0 Å². The van der Waals surface area contributed by atoms with Gasteiger partial charge in [0.1, 0.15) is 13.2 Å². The van der Waals surface area contributed by atoms with Gasteiger partial charge in [-0.1, -0.05) is 5.11 Å². The van der Waals surface area contributed by atoms with Crippen LogP contribution in [0.4, 0.5) is 17.3 Å². The molecule has 0 aromatic carbocycles. The number of pyridine rings is 1. The lowest BCUT2D eigenvalue weighted by molar-refractivity contribution is -0.699. The first-order valence-corrected chi connectivity index (χ1v) is 10.3. The summed E-state index contributed by atoms with van der Waals surface area (Å²) in [5, 5.41) is 3.34. The predicted molar refractivity (Wildman–Crippen MR) is 96.8 cm³/mol. The van der Waals surface area contributed by atoms with Crippen molar-refractivity contribution >= 4 is 17.1 Å².